The van der Waals surface area contributed by atoms with E-state index in [0.717, 1.165) is 34.4 Å². The summed E-state index contributed by atoms with van der Waals surface area (Å²) in [6.07, 6.45) is 5.23. The van der Waals surface area contributed by atoms with E-state index in [4.69, 9.17) is 23.2 Å². The maximum atomic E-state index is 12.6. The van der Waals surface area contributed by atoms with Gasteiger partial charge in [0.15, 0.2) is 0 Å². The number of carbonyl (C=O) groups is 2. The van der Waals surface area contributed by atoms with Crippen LogP contribution in [0.4, 0.5) is 0 Å². The SMILES string of the molecule is CC(NC(=O)[C@H]1C[C@H](Cc2cc(Cl)c(Cl)s2)CN1)C(=O)NCc1cnc2c(ccn2C)c1. The van der Waals surface area contributed by atoms with E-state index in [1.54, 1.807) is 13.1 Å². The Morgan fingerprint density at radius 1 is 1.38 bits per heavy atom. The smallest absolute Gasteiger partial charge is 0.242 e. The quantitative estimate of drug-likeness (QED) is 0.471. The molecule has 0 radical (unpaired) electrons. The zero-order valence-corrected chi connectivity index (χ0v) is 20.2. The Morgan fingerprint density at radius 3 is 2.94 bits per heavy atom. The molecule has 1 saturated heterocycles. The Morgan fingerprint density at radius 2 is 2.19 bits per heavy atom. The van der Waals surface area contributed by atoms with Gasteiger partial charge in [0.2, 0.25) is 11.8 Å². The lowest BCUT2D eigenvalue weighted by Gasteiger charge is -2.17. The Bertz CT molecular complexity index is 1130. The number of aryl methyl sites for hydroxylation is 1. The maximum absolute atomic E-state index is 12.6. The molecule has 1 fully saturated rings. The zero-order valence-electron chi connectivity index (χ0n) is 17.8. The molecule has 1 unspecified atom stereocenters. The number of rotatable bonds is 7. The van der Waals surface area contributed by atoms with Crippen LogP contribution in [0.15, 0.2) is 30.6 Å². The van der Waals surface area contributed by atoms with Gasteiger partial charge in [-0.1, -0.05) is 23.2 Å². The number of aromatic nitrogens is 2. The average Bonchev–Trinajstić information content (AvgIpc) is 3.46. The number of pyridine rings is 1. The van der Waals surface area contributed by atoms with Crippen molar-refractivity contribution < 1.29 is 9.59 Å². The first kappa shape index (κ1) is 23.0. The highest BCUT2D eigenvalue weighted by Gasteiger charge is 2.31. The second-order valence-electron chi connectivity index (χ2n) is 8.23. The van der Waals surface area contributed by atoms with Gasteiger partial charge in [0.1, 0.15) is 16.0 Å². The fraction of sp³-hybridized carbons (Fsp3) is 0.409. The first-order valence-corrected chi connectivity index (χ1v) is 12.0. The van der Waals surface area contributed by atoms with Crippen LogP contribution < -0.4 is 16.0 Å². The molecule has 170 valence electrons. The van der Waals surface area contributed by atoms with Crippen LogP contribution >= 0.6 is 34.5 Å². The van der Waals surface area contributed by atoms with Gasteiger partial charge in [-0.3, -0.25) is 9.59 Å². The van der Waals surface area contributed by atoms with Crippen LogP contribution in [0.3, 0.4) is 0 Å². The van der Waals surface area contributed by atoms with E-state index in [1.165, 1.54) is 11.3 Å². The van der Waals surface area contributed by atoms with Crippen molar-refractivity contribution in [1.82, 2.24) is 25.5 Å². The summed E-state index contributed by atoms with van der Waals surface area (Å²) >= 11 is 13.5. The zero-order chi connectivity index (χ0) is 22.8. The third-order valence-electron chi connectivity index (χ3n) is 5.71. The minimum atomic E-state index is -0.633. The topological polar surface area (TPSA) is 88.1 Å². The molecule has 7 nitrogen and oxygen atoms in total. The molecule has 3 atom stereocenters. The molecule has 0 saturated carbocycles. The van der Waals surface area contributed by atoms with E-state index in [9.17, 15) is 9.59 Å². The highest BCUT2D eigenvalue weighted by atomic mass is 35.5. The minimum Gasteiger partial charge on any atom is -0.350 e. The molecule has 0 aliphatic carbocycles. The van der Waals surface area contributed by atoms with E-state index in [0.29, 0.717) is 28.2 Å². The lowest BCUT2D eigenvalue weighted by Crippen LogP contribution is -2.49. The van der Waals surface area contributed by atoms with Gasteiger partial charge >= 0.3 is 0 Å². The van der Waals surface area contributed by atoms with Crippen molar-refractivity contribution in [3.63, 3.8) is 0 Å². The van der Waals surface area contributed by atoms with Crippen LogP contribution in [0, 0.1) is 5.92 Å². The van der Waals surface area contributed by atoms with Crippen LogP contribution in [0.5, 0.6) is 0 Å². The number of amides is 2. The number of hydrogen-bond acceptors (Lipinski definition) is 5. The molecule has 10 heteroatoms. The predicted octanol–water partition coefficient (Wildman–Crippen LogP) is 3.28. The molecule has 4 heterocycles. The minimum absolute atomic E-state index is 0.162. The monoisotopic (exact) mass is 493 g/mol. The molecular weight excluding hydrogens is 469 g/mol. The molecule has 3 aromatic rings. The summed E-state index contributed by atoms with van der Waals surface area (Å²) < 4.78 is 2.54. The summed E-state index contributed by atoms with van der Waals surface area (Å²) in [7, 11) is 1.94. The van der Waals surface area contributed by atoms with Crippen LogP contribution in [0.2, 0.25) is 9.36 Å². The summed E-state index contributed by atoms with van der Waals surface area (Å²) in [4.78, 5) is 30.7. The van der Waals surface area contributed by atoms with E-state index >= 15 is 0 Å². The van der Waals surface area contributed by atoms with Crippen LogP contribution in [0.25, 0.3) is 11.0 Å². The number of fused-ring (bicyclic) bond motifs is 1. The molecule has 4 rings (SSSR count). The van der Waals surface area contributed by atoms with Gasteiger partial charge in [-0.25, -0.2) is 4.98 Å². The number of carbonyl (C=O) groups excluding carboxylic acids is 2. The number of thiophene rings is 1. The van der Waals surface area contributed by atoms with E-state index in [-0.39, 0.29) is 17.9 Å². The van der Waals surface area contributed by atoms with Crippen LogP contribution in [-0.4, -0.2) is 40.0 Å². The molecule has 1 aliphatic rings. The Labute approximate surface area is 200 Å². The second-order valence-corrected chi connectivity index (χ2v) is 10.4. The van der Waals surface area contributed by atoms with Gasteiger partial charge in [-0.2, -0.15) is 0 Å². The molecule has 0 spiro atoms. The normalized spacial score (nSPS) is 19.2. The van der Waals surface area contributed by atoms with Crippen molar-refractivity contribution in [1.29, 1.82) is 0 Å². The Hall–Kier alpha value is -2.13. The number of hydrogen-bond donors (Lipinski definition) is 3. The lowest BCUT2D eigenvalue weighted by atomic mass is 10.0. The molecule has 0 aromatic carbocycles. The summed E-state index contributed by atoms with van der Waals surface area (Å²) in [5.41, 5.74) is 1.80. The fourth-order valence-electron chi connectivity index (χ4n) is 3.96. The van der Waals surface area contributed by atoms with Crippen molar-refractivity contribution in [2.75, 3.05) is 6.54 Å². The molecular formula is C22H25Cl2N5O2S. The third kappa shape index (κ3) is 5.26. The summed E-state index contributed by atoms with van der Waals surface area (Å²) in [6, 6.07) is 4.93. The summed E-state index contributed by atoms with van der Waals surface area (Å²) in [6.45, 7) is 2.78. The van der Waals surface area contributed by atoms with Crippen molar-refractivity contribution >= 4 is 57.4 Å². The molecule has 32 heavy (non-hydrogen) atoms. The van der Waals surface area contributed by atoms with Crippen molar-refractivity contribution in [2.24, 2.45) is 13.0 Å². The number of nitrogens with zero attached hydrogens (tertiary/aromatic N) is 2. The van der Waals surface area contributed by atoms with E-state index in [2.05, 4.69) is 20.9 Å². The van der Waals surface area contributed by atoms with Gasteiger partial charge in [0.05, 0.1) is 11.1 Å². The van der Waals surface area contributed by atoms with E-state index in [1.807, 2.05) is 36.0 Å². The average molecular weight is 494 g/mol. The largest absolute Gasteiger partial charge is 0.350 e. The fourth-order valence-corrected chi connectivity index (χ4v) is 5.51. The molecule has 0 bridgehead atoms. The first-order valence-electron chi connectivity index (χ1n) is 10.4. The van der Waals surface area contributed by atoms with Crippen molar-refractivity contribution in [3.8, 4) is 0 Å². The highest BCUT2D eigenvalue weighted by Crippen LogP contribution is 2.34. The van der Waals surface area contributed by atoms with Gasteiger partial charge < -0.3 is 20.5 Å². The second kappa shape index (κ2) is 9.79. The maximum Gasteiger partial charge on any atom is 0.242 e. The van der Waals surface area contributed by atoms with Gasteiger partial charge in [0.25, 0.3) is 0 Å². The molecule has 1 aliphatic heterocycles. The summed E-state index contributed by atoms with van der Waals surface area (Å²) in [5.74, 6) is -0.0743. The van der Waals surface area contributed by atoms with Gasteiger partial charge in [-0.15, -0.1) is 11.3 Å². The third-order valence-corrected chi connectivity index (χ3v) is 7.59. The van der Waals surface area contributed by atoms with Gasteiger partial charge in [0, 0.05) is 36.2 Å². The Kier molecular flexibility index (Phi) is 7.05. The Balaban J connectivity index is 1.24. The lowest BCUT2D eigenvalue weighted by molar-refractivity contribution is -0.129. The molecule has 3 aromatic heterocycles. The van der Waals surface area contributed by atoms with Crippen molar-refractivity contribution in [3.05, 3.63) is 50.4 Å². The van der Waals surface area contributed by atoms with Gasteiger partial charge in [-0.05, 0) is 56.0 Å². The molecule has 3 N–H and O–H groups in total. The standard InChI is InChI=1S/C22H25Cl2N5O2S/c1-12(21(30)27-11-14-5-15-3-4-29(2)20(15)26-10-14)28-22(31)18-7-13(9-25-18)6-16-8-17(23)19(24)32-16/h3-5,8,10,12-13,18,25H,6-7,9,11H2,1-2H3,(H,27,30)(H,28,31)/t12?,13-,18+/m0/s1. The number of nitrogens with one attached hydrogen (secondary N) is 3. The number of halogens is 2. The highest BCUT2D eigenvalue weighted by molar-refractivity contribution is 7.16. The van der Waals surface area contributed by atoms with Crippen LogP contribution in [-0.2, 0) is 29.6 Å². The first-order chi connectivity index (χ1) is 15.3. The van der Waals surface area contributed by atoms with Crippen molar-refractivity contribution in [2.45, 2.75) is 38.4 Å². The molecule has 2 amide bonds. The van der Waals surface area contributed by atoms with E-state index < -0.39 is 6.04 Å². The van der Waals surface area contributed by atoms with Crippen LogP contribution in [0.1, 0.15) is 23.8 Å². The summed E-state index contributed by atoms with van der Waals surface area (Å²) in [5, 5.41) is 10.5. The predicted molar refractivity (Wildman–Crippen MR) is 128 cm³/mol.